The van der Waals surface area contributed by atoms with Crippen molar-refractivity contribution in [3.05, 3.63) is 70.0 Å². The molecule has 2 aromatic carbocycles. The van der Waals surface area contributed by atoms with Crippen LogP contribution in [-0.2, 0) is 20.7 Å². The van der Waals surface area contributed by atoms with E-state index in [0.717, 1.165) is 47.2 Å². The second kappa shape index (κ2) is 11.5. The molecule has 1 spiro atoms. The Morgan fingerprint density at radius 2 is 1.75 bits per heavy atom. The van der Waals surface area contributed by atoms with E-state index < -0.39 is 5.79 Å². The number of carbonyl (C=O) groups is 1. The van der Waals surface area contributed by atoms with E-state index in [1.807, 2.05) is 39.8 Å². The zero-order chi connectivity index (χ0) is 25.0. The molecular formula is C26H28Cl2N4O3S. The number of halogens is 2. The van der Waals surface area contributed by atoms with Gasteiger partial charge in [0.2, 0.25) is 5.91 Å². The third-order valence-corrected chi connectivity index (χ3v) is 8.28. The molecule has 36 heavy (non-hydrogen) atoms. The van der Waals surface area contributed by atoms with Crippen LogP contribution in [0, 0.1) is 0 Å². The summed E-state index contributed by atoms with van der Waals surface area (Å²) in [7, 11) is 0. The van der Waals surface area contributed by atoms with E-state index in [0.29, 0.717) is 49.2 Å². The molecule has 7 nitrogen and oxygen atoms in total. The first-order valence-electron chi connectivity index (χ1n) is 12.2. The van der Waals surface area contributed by atoms with Gasteiger partial charge in [-0.15, -0.1) is 10.2 Å². The highest BCUT2D eigenvalue weighted by Gasteiger charge is 2.40. The van der Waals surface area contributed by atoms with Crippen LogP contribution < -0.4 is 0 Å². The molecule has 10 heteroatoms. The van der Waals surface area contributed by atoms with Crippen molar-refractivity contribution < 1.29 is 14.3 Å². The number of ether oxygens (including phenoxy) is 2. The molecular weight excluding hydrogens is 519 g/mol. The summed E-state index contributed by atoms with van der Waals surface area (Å²) < 4.78 is 13.5. The molecule has 3 aromatic rings. The minimum absolute atomic E-state index is 0.180. The molecule has 0 radical (unpaired) electrons. The molecule has 3 heterocycles. The van der Waals surface area contributed by atoms with Crippen LogP contribution in [0.1, 0.15) is 37.1 Å². The minimum atomic E-state index is -0.460. The number of likely N-dealkylation sites (tertiary alicyclic amines) is 1. The van der Waals surface area contributed by atoms with Gasteiger partial charge in [-0.3, -0.25) is 9.36 Å². The smallest absolute Gasteiger partial charge is 0.222 e. The molecule has 190 valence electrons. The number of nitrogens with zero attached hydrogens (tertiary/aromatic N) is 4. The third kappa shape index (κ3) is 5.89. The Hall–Kier alpha value is -2.10. The highest BCUT2D eigenvalue weighted by Crippen LogP contribution is 2.32. The Morgan fingerprint density at radius 3 is 2.47 bits per heavy atom. The summed E-state index contributed by atoms with van der Waals surface area (Å²) in [5, 5.41) is 10.7. The first-order valence-corrected chi connectivity index (χ1v) is 13.9. The van der Waals surface area contributed by atoms with Gasteiger partial charge in [0.1, 0.15) is 5.82 Å². The predicted octanol–water partition coefficient (Wildman–Crippen LogP) is 5.40. The molecule has 0 aliphatic carbocycles. The maximum Gasteiger partial charge on any atom is 0.222 e. The van der Waals surface area contributed by atoms with E-state index in [2.05, 4.69) is 22.3 Å². The zero-order valence-electron chi connectivity index (χ0n) is 19.9. The molecule has 1 amide bonds. The maximum atomic E-state index is 12.8. The quantitative estimate of drug-likeness (QED) is 0.278. The lowest BCUT2D eigenvalue weighted by Crippen LogP contribution is -2.47. The Bertz CT molecular complexity index is 1190. The third-order valence-electron chi connectivity index (χ3n) is 6.52. The van der Waals surface area contributed by atoms with E-state index >= 15 is 0 Å². The lowest BCUT2D eigenvalue weighted by Gasteiger charge is -2.37. The van der Waals surface area contributed by atoms with E-state index in [1.54, 1.807) is 17.8 Å². The van der Waals surface area contributed by atoms with Gasteiger partial charge in [0.05, 0.1) is 28.9 Å². The summed E-state index contributed by atoms with van der Waals surface area (Å²) >= 11 is 14.1. The van der Waals surface area contributed by atoms with E-state index in [4.69, 9.17) is 32.7 Å². The van der Waals surface area contributed by atoms with Crippen LogP contribution in [0.2, 0.25) is 10.0 Å². The fraction of sp³-hybridized carbons (Fsp3) is 0.423. The summed E-state index contributed by atoms with van der Waals surface area (Å²) in [4.78, 5) is 14.7. The van der Waals surface area contributed by atoms with Crippen molar-refractivity contribution >= 4 is 40.9 Å². The van der Waals surface area contributed by atoms with Crippen molar-refractivity contribution in [2.45, 2.75) is 43.0 Å². The molecule has 0 saturated carbocycles. The molecule has 5 rings (SSSR count). The van der Waals surface area contributed by atoms with Crippen LogP contribution in [0.15, 0.2) is 53.7 Å². The predicted molar refractivity (Wildman–Crippen MR) is 141 cm³/mol. The summed E-state index contributed by atoms with van der Waals surface area (Å²) in [5.41, 5.74) is 2.00. The lowest BCUT2D eigenvalue weighted by atomic mass is 10.0. The Kier molecular flexibility index (Phi) is 8.18. The van der Waals surface area contributed by atoms with Crippen LogP contribution in [-0.4, -0.2) is 63.4 Å². The van der Waals surface area contributed by atoms with Gasteiger partial charge in [-0.2, -0.15) is 0 Å². The van der Waals surface area contributed by atoms with Gasteiger partial charge in [-0.25, -0.2) is 0 Å². The number of piperidine rings is 1. The Morgan fingerprint density at radius 1 is 1.00 bits per heavy atom. The van der Waals surface area contributed by atoms with Gasteiger partial charge in [-0.1, -0.05) is 65.3 Å². The number of carbonyl (C=O) groups excluding carboxylic acids is 1. The molecule has 2 fully saturated rings. The van der Waals surface area contributed by atoms with Crippen molar-refractivity contribution in [3.63, 3.8) is 0 Å². The number of thioether (sulfide) groups is 1. The number of hydrogen-bond acceptors (Lipinski definition) is 6. The van der Waals surface area contributed by atoms with Gasteiger partial charge >= 0.3 is 0 Å². The topological polar surface area (TPSA) is 69.5 Å². The molecule has 0 bridgehead atoms. The summed E-state index contributed by atoms with van der Waals surface area (Å²) in [6.07, 6.45) is 3.37. The molecule has 0 N–H and O–H groups in total. The fourth-order valence-electron chi connectivity index (χ4n) is 4.60. The monoisotopic (exact) mass is 546 g/mol. The normalized spacial score (nSPS) is 17.1. The first kappa shape index (κ1) is 25.5. The average Bonchev–Trinajstić information content (AvgIpc) is 3.51. The summed E-state index contributed by atoms with van der Waals surface area (Å²) in [6.45, 7) is 2.65. The number of rotatable bonds is 8. The molecule has 0 atom stereocenters. The number of hydrogen-bond donors (Lipinski definition) is 0. The Labute approximate surface area is 225 Å². The highest BCUT2D eigenvalue weighted by atomic mass is 35.5. The molecule has 2 aliphatic heterocycles. The van der Waals surface area contributed by atoms with Gasteiger partial charge < -0.3 is 14.4 Å². The number of benzene rings is 2. The molecule has 2 aliphatic rings. The first-order chi connectivity index (χ1) is 17.5. The van der Waals surface area contributed by atoms with E-state index in [-0.39, 0.29) is 5.91 Å². The van der Waals surface area contributed by atoms with Crippen LogP contribution in [0.5, 0.6) is 0 Å². The largest absolute Gasteiger partial charge is 0.347 e. The summed E-state index contributed by atoms with van der Waals surface area (Å²) in [5.74, 6) is 1.29. The van der Waals surface area contributed by atoms with Gasteiger partial charge in [0.25, 0.3) is 0 Å². The maximum absolute atomic E-state index is 12.8. The lowest BCUT2D eigenvalue weighted by molar-refractivity contribution is -0.187. The van der Waals surface area contributed by atoms with Crippen LogP contribution in [0.4, 0.5) is 0 Å². The van der Waals surface area contributed by atoms with Crippen molar-refractivity contribution in [2.75, 3.05) is 32.1 Å². The molecule has 2 saturated heterocycles. The van der Waals surface area contributed by atoms with Gasteiger partial charge in [0, 0.05) is 44.5 Å². The zero-order valence-corrected chi connectivity index (χ0v) is 22.2. The van der Waals surface area contributed by atoms with Crippen molar-refractivity contribution in [1.82, 2.24) is 19.7 Å². The van der Waals surface area contributed by atoms with Crippen LogP contribution in [0.3, 0.4) is 0 Å². The second-order valence-corrected chi connectivity index (χ2v) is 10.8. The molecule has 1 aromatic heterocycles. The number of aromatic nitrogens is 3. The standard InChI is InChI=1S/C26H28Cl2N4O3S/c27-21-9-8-20(18-22(21)28)32-23(17-19-5-2-1-3-6-19)29-30-25(32)36-16-4-7-24(33)31-12-10-26(11-13-31)34-14-15-35-26/h1-3,5-6,8-9,18H,4,7,10-17H2. The van der Waals surface area contributed by atoms with Crippen molar-refractivity contribution in [3.8, 4) is 5.69 Å². The SMILES string of the molecule is O=C(CCCSc1nnc(Cc2ccccc2)n1-c1ccc(Cl)c(Cl)c1)N1CCC2(CC1)OCCO2. The van der Waals surface area contributed by atoms with Crippen molar-refractivity contribution in [1.29, 1.82) is 0 Å². The Balaban J connectivity index is 1.21. The van der Waals surface area contributed by atoms with Gasteiger partial charge in [-0.05, 0) is 30.2 Å². The van der Waals surface area contributed by atoms with Crippen LogP contribution >= 0.6 is 35.0 Å². The van der Waals surface area contributed by atoms with E-state index in [1.165, 1.54) is 0 Å². The highest BCUT2D eigenvalue weighted by molar-refractivity contribution is 7.99. The minimum Gasteiger partial charge on any atom is -0.347 e. The molecule has 0 unspecified atom stereocenters. The van der Waals surface area contributed by atoms with Gasteiger partial charge in [0.15, 0.2) is 10.9 Å². The average molecular weight is 548 g/mol. The van der Waals surface area contributed by atoms with Crippen molar-refractivity contribution in [2.24, 2.45) is 0 Å². The second-order valence-electron chi connectivity index (χ2n) is 8.94. The van der Waals surface area contributed by atoms with E-state index in [9.17, 15) is 4.79 Å². The number of amides is 1. The fourth-order valence-corrected chi connectivity index (χ4v) is 5.80. The summed E-state index contributed by atoms with van der Waals surface area (Å²) in [6, 6.07) is 15.7. The van der Waals surface area contributed by atoms with Crippen LogP contribution in [0.25, 0.3) is 5.69 Å².